The van der Waals surface area contributed by atoms with Gasteiger partial charge in [0.15, 0.2) is 0 Å². The van der Waals surface area contributed by atoms with E-state index in [-0.39, 0.29) is 0 Å². The van der Waals surface area contributed by atoms with Gasteiger partial charge in [0.25, 0.3) is 0 Å². The summed E-state index contributed by atoms with van der Waals surface area (Å²) in [6, 6.07) is 0. The Morgan fingerprint density at radius 1 is 0.615 bits per heavy atom. The van der Waals surface area contributed by atoms with Gasteiger partial charge in [-0.05, 0) is 57.8 Å². The summed E-state index contributed by atoms with van der Waals surface area (Å²) in [6.07, 6.45) is 2.57. The largest absolute Gasteiger partial charge is 0.759 e. The molecule has 26 heavy (non-hydrogen) atoms. The van der Waals surface area contributed by atoms with E-state index in [2.05, 4.69) is 57.0 Å². The highest BCUT2D eigenvalue weighted by molar-refractivity contribution is 6.59. The molecule has 0 atom stereocenters. The third-order valence-electron chi connectivity index (χ3n) is 3.21. The lowest BCUT2D eigenvalue weighted by Gasteiger charge is -2.19. The summed E-state index contributed by atoms with van der Waals surface area (Å²) < 4.78 is 17.0. The Morgan fingerprint density at radius 3 is 1.04 bits per heavy atom. The second-order valence-corrected chi connectivity index (χ2v) is 10.7. The summed E-state index contributed by atoms with van der Waals surface area (Å²) in [5.74, 6) is 1.53. The third kappa shape index (κ3) is 12.9. The molecule has 0 spiro atoms. The van der Waals surface area contributed by atoms with Crippen LogP contribution >= 0.6 is 0 Å². The van der Waals surface area contributed by atoms with Crippen LogP contribution in [0.2, 0.25) is 6.55 Å². The van der Waals surface area contributed by atoms with Crippen LogP contribution in [0.25, 0.3) is 0 Å². The van der Waals surface area contributed by atoms with Crippen LogP contribution in [0, 0.1) is 17.8 Å². The summed E-state index contributed by atoms with van der Waals surface area (Å²) in [4.78, 5) is 0. The lowest BCUT2D eigenvalue weighted by atomic mass is 10.1. The maximum absolute atomic E-state index is 5.67. The molecular formula is C19H39N3O3Si. The van der Waals surface area contributed by atoms with Crippen molar-refractivity contribution in [2.24, 2.45) is 33.2 Å². The average molecular weight is 386 g/mol. The van der Waals surface area contributed by atoms with Crippen molar-refractivity contribution >= 4 is 25.9 Å². The molecule has 0 saturated carbocycles. The Hall–Kier alpha value is -1.37. The first-order chi connectivity index (χ1) is 11.9. The number of hydrogen-bond donors (Lipinski definition) is 0. The van der Waals surface area contributed by atoms with Crippen molar-refractivity contribution in [1.82, 2.24) is 0 Å². The monoisotopic (exact) mass is 385 g/mol. The van der Waals surface area contributed by atoms with Gasteiger partial charge in [0, 0.05) is 6.55 Å². The minimum absolute atomic E-state index is 0.509. The van der Waals surface area contributed by atoms with Crippen LogP contribution in [0.3, 0.4) is 0 Å². The van der Waals surface area contributed by atoms with E-state index in [0.717, 1.165) is 36.4 Å². The highest BCUT2D eigenvalue weighted by Gasteiger charge is 2.45. The predicted octanol–water partition coefficient (Wildman–Crippen LogP) is 5.87. The molecule has 0 amide bonds. The van der Waals surface area contributed by atoms with Crippen molar-refractivity contribution in [3.05, 3.63) is 0 Å². The average Bonchev–Trinajstić information content (AvgIpc) is 2.47. The van der Waals surface area contributed by atoms with Crippen LogP contribution in [0.5, 0.6) is 0 Å². The smallest absolute Gasteiger partial charge is 0.373 e. The fourth-order valence-electron chi connectivity index (χ4n) is 2.42. The zero-order chi connectivity index (χ0) is 20.3. The van der Waals surface area contributed by atoms with Crippen molar-refractivity contribution in [2.45, 2.75) is 88.1 Å². The van der Waals surface area contributed by atoms with Gasteiger partial charge in [-0.3, -0.25) is 0 Å². The van der Waals surface area contributed by atoms with Gasteiger partial charge in [-0.2, -0.15) is 0 Å². The first kappa shape index (κ1) is 24.6. The van der Waals surface area contributed by atoms with E-state index in [9.17, 15) is 0 Å². The quantitative estimate of drug-likeness (QED) is 0.240. The van der Waals surface area contributed by atoms with Gasteiger partial charge in [0.1, 0.15) is 0 Å². The maximum atomic E-state index is 5.67. The van der Waals surface area contributed by atoms with Gasteiger partial charge in [-0.15, -0.1) is 15.5 Å². The topological polar surface area (TPSA) is 64.8 Å². The van der Waals surface area contributed by atoms with Gasteiger partial charge in [0.05, 0.1) is 17.1 Å². The summed E-state index contributed by atoms with van der Waals surface area (Å²) in [6.45, 7) is 20.4. The second kappa shape index (κ2) is 12.1. The molecule has 0 aliphatic heterocycles. The molecular weight excluding hydrogens is 346 g/mol. The second-order valence-electron chi connectivity index (χ2n) is 8.41. The van der Waals surface area contributed by atoms with Crippen molar-refractivity contribution in [1.29, 1.82) is 0 Å². The van der Waals surface area contributed by atoms with Crippen LogP contribution in [0.15, 0.2) is 15.5 Å². The van der Waals surface area contributed by atoms with Crippen LogP contribution < -0.4 is 0 Å². The standard InChI is InChI=1S/C19H39N3O3Si/c1-14(2)11-17(7)20-23-26(10,24-21-18(8)12-15(3)4)25-22-19(9)13-16(5)6/h14-16H,11-13H2,1-10H3/b20-17-,21-18-,22-19-. The Labute approximate surface area is 161 Å². The third-order valence-corrected chi connectivity index (χ3v) is 4.48. The van der Waals surface area contributed by atoms with Crippen LogP contribution in [0.1, 0.15) is 81.6 Å². The van der Waals surface area contributed by atoms with Gasteiger partial charge >= 0.3 is 8.80 Å². The van der Waals surface area contributed by atoms with Gasteiger partial charge < -0.3 is 13.6 Å². The van der Waals surface area contributed by atoms with E-state index < -0.39 is 8.80 Å². The molecule has 0 bridgehead atoms. The summed E-state index contributed by atoms with van der Waals surface area (Å²) in [5, 5.41) is 12.6. The number of hydrogen-bond acceptors (Lipinski definition) is 6. The van der Waals surface area contributed by atoms with E-state index in [1.54, 1.807) is 6.55 Å². The lowest BCUT2D eigenvalue weighted by molar-refractivity contribution is 0.0720. The molecule has 0 aromatic rings. The maximum Gasteiger partial charge on any atom is 0.759 e. The van der Waals surface area contributed by atoms with Gasteiger partial charge in [0.2, 0.25) is 0 Å². The normalized spacial score (nSPS) is 14.4. The predicted molar refractivity (Wildman–Crippen MR) is 113 cm³/mol. The van der Waals surface area contributed by atoms with E-state index in [1.165, 1.54) is 0 Å². The molecule has 152 valence electrons. The molecule has 0 aromatic carbocycles. The van der Waals surface area contributed by atoms with E-state index in [4.69, 9.17) is 13.6 Å². The summed E-state index contributed by atoms with van der Waals surface area (Å²) >= 11 is 0. The van der Waals surface area contributed by atoms with Gasteiger partial charge in [-0.25, -0.2) is 0 Å². The molecule has 0 fully saturated rings. The summed E-state index contributed by atoms with van der Waals surface area (Å²) in [5.41, 5.74) is 2.70. The molecule has 0 aliphatic rings. The van der Waals surface area contributed by atoms with E-state index >= 15 is 0 Å². The molecule has 0 N–H and O–H groups in total. The SMILES string of the molecule is C/C(CC(C)C)=N/O[Si](C)(O/N=C(/C)CC(C)C)O/N=C(/C)CC(C)C. The van der Waals surface area contributed by atoms with Crippen molar-refractivity contribution in [3.8, 4) is 0 Å². The summed E-state index contributed by atoms with van der Waals surface area (Å²) in [7, 11) is -3.15. The van der Waals surface area contributed by atoms with Crippen LogP contribution in [-0.2, 0) is 13.6 Å². The zero-order valence-electron chi connectivity index (χ0n) is 18.4. The Morgan fingerprint density at radius 2 is 0.846 bits per heavy atom. The number of nitrogens with zero attached hydrogens (tertiary/aromatic N) is 3. The van der Waals surface area contributed by atoms with Gasteiger partial charge in [-0.1, -0.05) is 41.5 Å². The first-order valence-electron chi connectivity index (χ1n) is 9.58. The highest BCUT2D eigenvalue weighted by atomic mass is 28.4. The lowest BCUT2D eigenvalue weighted by Crippen LogP contribution is -2.38. The van der Waals surface area contributed by atoms with E-state index in [0.29, 0.717) is 17.8 Å². The van der Waals surface area contributed by atoms with Crippen LogP contribution in [0.4, 0.5) is 0 Å². The zero-order valence-corrected chi connectivity index (χ0v) is 19.4. The minimum Gasteiger partial charge on any atom is -0.373 e. The molecule has 0 unspecified atom stereocenters. The molecule has 0 radical (unpaired) electrons. The first-order valence-corrected chi connectivity index (χ1v) is 11.8. The Bertz CT molecular complexity index is 431. The van der Waals surface area contributed by atoms with Crippen LogP contribution in [-0.4, -0.2) is 25.9 Å². The Balaban J connectivity index is 5.17. The molecule has 7 heteroatoms. The molecule has 0 aliphatic carbocycles. The molecule has 0 rings (SSSR count). The van der Waals surface area contributed by atoms with Crippen molar-refractivity contribution < 1.29 is 13.6 Å². The molecule has 0 aromatic heterocycles. The minimum atomic E-state index is -3.15. The van der Waals surface area contributed by atoms with Crippen molar-refractivity contribution in [3.63, 3.8) is 0 Å². The van der Waals surface area contributed by atoms with Crippen molar-refractivity contribution in [2.75, 3.05) is 0 Å². The Kier molecular flexibility index (Phi) is 11.5. The number of rotatable bonds is 12. The fourth-order valence-corrected chi connectivity index (χ4v) is 3.48. The molecule has 6 nitrogen and oxygen atoms in total. The fraction of sp³-hybridized carbons (Fsp3) is 0.842. The molecule has 0 saturated heterocycles. The highest BCUT2D eigenvalue weighted by Crippen LogP contribution is 2.15. The van der Waals surface area contributed by atoms with E-state index in [1.807, 2.05) is 20.8 Å². The molecule has 0 heterocycles. The number of oxime groups is 3.